The number of nitrogens with zero attached hydrogens (tertiary/aromatic N) is 1. The molecule has 0 radical (unpaired) electrons. The zero-order valence-electron chi connectivity index (χ0n) is 12.5. The minimum Gasteiger partial charge on any atom is -0.369 e. The molecule has 0 aliphatic heterocycles. The maximum Gasteiger partial charge on any atom is 0.228 e. The van der Waals surface area contributed by atoms with Gasteiger partial charge in [-0.3, -0.25) is 4.79 Å². The van der Waals surface area contributed by atoms with E-state index in [0.29, 0.717) is 0 Å². The molecule has 1 amide bonds. The Hall–Kier alpha value is -1.35. The van der Waals surface area contributed by atoms with Crippen LogP contribution in [0.15, 0.2) is 30.3 Å². The normalized spacial score (nSPS) is 14.6. The standard InChI is InChI=1S/C16H26N2O/c1-13(2)16(15(17)19,11-8-12-18(3)4)14-9-6-5-7-10-14/h5-7,9-10,13H,8,11-12H2,1-4H3,(H2,17,19)/t16-/m0/s1. The summed E-state index contributed by atoms with van der Waals surface area (Å²) in [6.07, 6.45) is 1.76. The molecule has 0 saturated carbocycles. The second kappa shape index (κ2) is 6.71. The molecule has 1 rings (SSSR count). The van der Waals surface area contributed by atoms with Gasteiger partial charge >= 0.3 is 0 Å². The molecule has 19 heavy (non-hydrogen) atoms. The van der Waals surface area contributed by atoms with Gasteiger partial charge in [0, 0.05) is 0 Å². The van der Waals surface area contributed by atoms with Crippen LogP contribution in [0.5, 0.6) is 0 Å². The quantitative estimate of drug-likeness (QED) is 0.820. The number of primary amides is 1. The second-order valence-electron chi connectivity index (χ2n) is 5.76. The first kappa shape index (κ1) is 15.7. The Balaban J connectivity index is 3.05. The lowest BCUT2D eigenvalue weighted by Crippen LogP contribution is -2.46. The summed E-state index contributed by atoms with van der Waals surface area (Å²) >= 11 is 0. The topological polar surface area (TPSA) is 46.3 Å². The number of rotatable bonds is 7. The zero-order valence-corrected chi connectivity index (χ0v) is 12.5. The first-order valence-electron chi connectivity index (χ1n) is 6.91. The van der Waals surface area contributed by atoms with Crippen LogP contribution in [-0.4, -0.2) is 31.4 Å². The van der Waals surface area contributed by atoms with E-state index in [9.17, 15) is 4.79 Å². The van der Waals surface area contributed by atoms with Gasteiger partial charge in [-0.2, -0.15) is 0 Å². The second-order valence-corrected chi connectivity index (χ2v) is 5.76. The predicted octanol–water partition coefficient (Wildman–Crippen LogP) is 2.41. The van der Waals surface area contributed by atoms with Crippen LogP contribution in [0, 0.1) is 5.92 Å². The van der Waals surface area contributed by atoms with E-state index in [1.807, 2.05) is 44.4 Å². The first-order valence-corrected chi connectivity index (χ1v) is 6.91. The van der Waals surface area contributed by atoms with Gasteiger partial charge in [0.15, 0.2) is 0 Å². The van der Waals surface area contributed by atoms with Gasteiger partial charge in [-0.1, -0.05) is 44.2 Å². The SMILES string of the molecule is CC(C)[C@](CCCN(C)C)(C(N)=O)c1ccccc1. The number of carbonyl (C=O) groups is 1. The number of amides is 1. The van der Waals surface area contributed by atoms with E-state index in [1.54, 1.807) is 0 Å². The van der Waals surface area contributed by atoms with E-state index < -0.39 is 5.41 Å². The highest BCUT2D eigenvalue weighted by molar-refractivity contribution is 5.87. The fourth-order valence-electron chi connectivity index (χ4n) is 2.73. The molecule has 0 fully saturated rings. The smallest absolute Gasteiger partial charge is 0.228 e. The lowest BCUT2D eigenvalue weighted by molar-refractivity contribution is -0.125. The van der Waals surface area contributed by atoms with Crippen LogP contribution in [0.25, 0.3) is 0 Å². The van der Waals surface area contributed by atoms with E-state index in [2.05, 4.69) is 18.7 Å². The molecule has 0 bridgehead atoms. The lowest BCUT2D eigenvalue weighted by Gasteiger charge is -2.35. The molecule has 1 aromatic carbocycles. The lowest BCUT2D eigenvalue weighted by atomic mass is 9.68. The molecule has 3 heteroatoms. The summed E-state index contributed by atoms with van der Waals surface area (Å²) in [6, 6.07) is 9.94. The molecular formula is C16H26N2O. The summed E-state index contributed by atoms with van der Waals surface area (Å²) in [7, 11) is 4.09. The summed E-state index contributed by atoms with van der Waals surface area (Å²) in [6.45, 7) is 5.12. The van der Waals surface area contributed by atoms with Crippen molar-refractivity contribution >= 4 is 5.91 Å². The van der Waals surface area contributed by atoms with Crippen molar-refractivity contribution in [1.29, 1.82) is 0 Å². The molecule has 3 nitrogen and oxygen atoms in total. The van der Waals surface area contributed by atoms with Gasteiger partial charge in [0.05, 0.1) is 5.41 Å². The highest BCUT2D eigenvalue weighted by Gasteiger charge is 2.40. The molecular weight excluding hydrogens is 236 g/mol. The van der Waals surface area contributed by atoms with E-state index in [1.165, 1.54) is 0 Å². The Labute approximate surface area is 116 Å². The molecule has 1 atom stereocenters. The van der Waals surface area contributed by atoms with Crippen molar-refractivity contribution in [3.8, 4) is 0 Å². The Bertz CT molecular complexity index is 400. The van der Waals surface area contributed by atoms with Crippen LogP contribution in [0.3, 0.4) is 0 Å². The van der Waals surface area contributed by atoms with Crippen LogP contribution in [0.2, 0.25) is 0 Å². The largest absolute Gasteiger partial charge is 0.369 e. The van der Waals surface area contributed by atoms with Crippen molar-refractivity contribution < 1.29 is 4.79 Å². The molecule has 0 spiro atoms. The van der Waals surface area contributed by atoms with Crippen molar-refractivity contribution in [2.24, 2.45) is 11.7 Å². The maximum absolute atomic E-state index is 12.1. The van der Waals surface area contributed by atoms with Crippen molar-refractivity contribution in [2.75, 3.05) is 20.6 Å². The van der Waals surface area contributed by atoms with Gasteiger partial charge in [-0.05, 0) is 45.0 Å². The molecule has 0 aliphatic rings. The Morgan fingerprint density at radius 1 is 1.26 bits per heavy atom. The minimum absolute atomic E-state index is 0.189. The number of hydrogen-bond donors (Lipinski definition) is 1. The Kier molecular flexibility index (Phi) is 5.55. The highest BCUT2D eigenvalue weighted by Crippen LogP contribution is 2.36. The molecule has 1 aromatic rings. The first-order chi connectivity index (χ1) is 8.91. The van der Waals surface area contributed by atoms with Crippen LogP contribution in [0.1, 0.15) is 32.3 Å². The van der Waals surface area contributed by atoms with Crippen LogP contribution in [-0.2, 0) is 10.2 Å². The average Bonchev–Trinajstić information content (AvgIpc) is 2.34. The maximum atomic E-state index is 12.1. The fraction of sp³-hybridized carbons (Fsp3) is 0.562. The van der Waals surface area contributed by atoms with Gasteiger partial charge < -0.3 is 10.6 Å². The Morgan fingerprint density at radius 3 is 2.26 bits per heavy atom. The number of nitrogens with two attached hydrogens (primary N) is 1. The third kappa shape index (κ3) is 3.57. The number of carbonyl (C=O) groups excluding carboxylic acids is 1. The van der Waals surface area contributed by atoms with Crippen molar-refractivity contribution in [3.05, 3.63) is 35.9 Å². The molecule has 2 N–H and O–H groups in total. The summed E-state index contributed by atoms with van der Waals surface area (Å²) < 4.78 is 0. The van der Waals surface area contributed by atoms with Crippen LogP contribution >= 0.6 is 0 Å². The van der Waals surface area contributed by atoms with E-state index in [0.717, 1.165) is 24.9 Å². The molecule has 106 valence electrons. The van der Waals surface area contributed by atoms with Gasteiger partial charge in [-0.15, -0.1) is 0 Å². The van der Waals surface area contributed by atoms with Crippen molar-refractivity contribution in [3.63, 3.8) is 0 Å². The van der Waals surface area contributed by atoms with Crippen molar-refractivity contribution in [2.45, 2.75) is 32.1 Å². The van der Waals surface area contributed by atoms with Gasteiger partial charge in [0.2, 0.25) is 5.91 Å². The van der Waals surface area contributed by atoms with E-state index in [4.69, 9.17) is 5.73 Å². The summed E-state index contributed by atoms with van der Waals surface area (Å²) in [5.74, 6) is -0.0259. The van der Waals surface area contributed by atoms with Gasteiger partial charge in [0.25, 0.3) is 0 Å². The number of hydrogen-bond acceptors (Lipinski definition) is 2. The minimum atomic E-state index is -0.558. The monoisotopic (exact) mass is 262 g/mol. The predicted molar refractivity (Wildman–Crippen MR) is 79.9 cm³/mol. The third-order valence-electron chi connectivity index (χ3n) is 3.89. The Morgan fingerprint density at radius 2 is 1.84 bits per heavy atom. The molecule has 0 aromatic heterocycles. The summed E-state index contributed by atoms with van der Waals surface area (Å²) in [4.78, 5) is 14.3. The molecule has 0 unspecified atom stereocenters. The zero-order chi connectivity index (χ0) is 14.5. The van der Waals surface area contributed by atoms with Gasteiger partial charge in [0.1, 0.15) is 0 Å². The molecule has 0 heterocycles. The van der Waals surface area contributed by atoms with E-state index in [-0.39, 0.29) is 11.8 Å². The number of benzene rings is 1. The van der Waals surface area contributed by atoms with Crippen LogP contribution < -0.4 is 5.73 Å². The fourth-order valence-corrected chi connectivity index (χ4v) is 2.73. The van der Waals surface area contributed by atoms with E-state index >= 15 is 0 Å². The summed E-state index contributed by atoms with van der Waals surface area (Å²) in [5, 5.41) is 0. The molecule has 0 saturated heterocycles. The van der Waals surface area contributed by atoms with Gasteiger partial charge in [-0.25, -0.2) is 0 Å². The van der Waals surface area contributed by atoms with Crippen LogP contribution in [0.4, 0.5) is 0 Å². The molecule has 0 aliphatic carbocycles. The summed E-state index contributed by atoms with van der Waals surface area (Å²) in [5.41, 5.74) is 6.25. The van der Waals surface area contributed by atoms with Crippen molar-refractivity contribution in [1.82, 2.24) is 4.90 Å². The highest BCUT2D eigenvalue weighted by atomic mass is 16.1. The average molecular weight is 262 g/mol. The third-order valence-corrected chi connectivity index (χ3v) is 3.89.